The lowest BCUT2D eigenvalue weighted by Gasteiger charge is -2.41. The molecule has 2 rings (SSSR count). The van der Waals surface area contributed by atoms with E-state index in [-0.39, 0.29) is 24.5 Å². The Labute approximate surface area is 126 Å². The van der Waals surface area contributed by atoms with E-state index in [0.29, 0.717) is 18.7 Å². The van der Waals surface area contributed by atoms with Crippen LogP contribution in [0.15, 0.2) is 24.3 Å². The Morgan fingerprint density at radius 2 is 2.05 bits per heavy atom. The molecular weight excluding hydrogens is 268 g/mol. The monoisotopic (exact) mass is 292 g/mol. The van der Waals surface area contributed by atoms with E-state index in [0.717, 1.165) is 12.2 Å². The van der Waals surface area contributed by atoms with Gasteiger partial charge in [0.15, 0.2) is 0 Å². The maximum absolute atomic E-state index is 12.6. The van der Waals surface area contributed by atoms with Gasteiger partial charge < -0.3 is 19.6 Å². The molecule has 1 aliphatic heterocycles. The number of carbonyl (C=O) groups excluding carboxylic acids is 1. The maximum atomic E-state index is 12.6. The fourth-order valence-corrected chi connectivity index (χ4v) is 2.88. The highest BCUT2D eigenvalue weighted by atomic mass is 16.5. The van der Waals surface area contributed by atoms with Gasteiger partial charge in [0, 0.05) is 37.2 Å². The summed E-state index contributed by atoms with van der Waals surface area (Å²) in [5.41, 5.74) is 0.677. The molecule has 1 aromatic carbocycles. The minimum atomic E-state index is 0.0425. The van der Waals surface area contributed by atoms with Crippen LogP contribution < -0.4 is 4.74 Å². The normalized spacial score (nSPS) is 22.4. The number of methoxy groups -OCH3 is 1. The van der Waals surface area contributed by atoms with Crippen LogP contribution in [0.5, 0.6) is 5.75 Å². The number of benzene rings is 1. The summed E-state index contributed by atoms with van der Waals surface area (Å²) in [6.07, 6.45) is 0.835. The molecule has 1 saturated heterocycles. The van der Waals surface area contributed by atoms with Gasteiger partial charge in [-0.25, -0.2) is 0 Å². The number of rotatable bonds is 4. The van der Waals surface area contributed by atoms with E-state index in [1.54, 1.807) is 31.4 Å². The number of hydrogen-bond donors (Lipinski definition) is 1. The maximum Gasteiger partial charge on any atom is 0.253 e. The average molecular weight is 292 g/mol. The molecule has 5 heteroatoms. The lowest BCUT2D eigenvalue weighted by atomic mass is 9.91. The Morgan fingerprint density at radius 1 is 1.38 bits per heavy atom. The summed E-state index contributed by atoms with van der Waals surface area (Å²) in [4.78, 5) is 16.5. The highest BCUT2D eigenvalue weighted by Crippen LogP contribution is 2.22. The first-order valence-corrected chi connectivity index (χ1v) is 7.27. The number of carbonyl (C=O) groups is 1. The molecule has 1 aromatic rings. The van der Waals surface area contributed by atoms with Gasteiger partial charge in [-0.05, 0) is 44.8 Å². The third kappa shape index (κ3) is 3.54. The molecule has 116 valence electrons. The van der Waals surface area contributed by atoms with E-state index >= 15 is 0 Å². The summed E-state index contributed by atoms with van der Waals surface area (Å²) in [5, 5.41) is 9.47. The van der Waals surface area contributed by atoms with Crippen molar-refractivity contribution < 1.29 is 14.6 Å². The standard InChI is InChI=1S/C16H24N2O3/c1-17(2)15-10-18(9-8-13(15)11-19)16(20)12-4-6-14(21-3)7-5-12/h4-7,13,15,19H,8-11H2,1-3H3/t13-,15-/m1/s1. The van der Waals surface area contributed by atoms with Crippen LogP contribution in [-0.2, 0) is 0 Å². The van der Waals surface area contributed by atoms with Crippen molar-refractivity contribution in [2.75, 3.05) is 40.9 Å². The van der Waals surface area contributed by atoms with Crippen LogP contribution in [0, 0.1) is 5.92 Å². The largest absolute Gasteiger partial charge is 0.497 e. The Bertz CT molecular complexity index is 473. The first kappa shape index (κ1) is 15.8. The number of piperidine rings is 1. The Balaban J connectivity index is 2.08. The predicted molar refractivity (Wildman–Crippen MR) is 81.6 cm³/mol. The zero-order valence-corrected chi connectivity index (χ0v) is 13.0. The molecule has 21 heavy (non-hydrogen) atoms. The van der Waals surface area contributed by atoms with Crippen molar-refractivity contribution in [2.45, 2.75) is 12.5 Å². The minimum absolute atomic E-state index is 0.0425. The van der Waals surface area contributed by atoms with Crippen LogP contribution in [-0.4, -0.2) is 67.8 Å². The summed E-state index contributed by atoms with van der Waals surface area (Å²) < 4.78 is 5.11. The van der Waals surface area contributed by atoms with Gasteiger partial charge in [0.1, 0.15) is 5.75 Å². The van der Waals surface area contributed by atoms with Crippen molar-refractivity contribution in [3.63, 3.8) is 0 Å². The summed E-state index contributed by atoms with van der Waals surface area (Å²) in [6.45, 7) is 1.52. The van der Waals surface area contributed by atoms with Gasteiger partial charge in [0.05, 0.1) is 7.11 Å². The van der Waals surface area contributed by atoms with Gasteiger partial charge >= 0.3 is 0 Å². The van der Waals surface area contributed by atoms with Crippen molar-refractivity contribution in [1.29, 1.82) is 0 Å². The number of likely N-dealkylation sites (tertiary alicyclic amines) is 1. The molecular formula is C16H24N2O3. The fraction of sp³-hybridized carbons (Fsp3) is 0.562. The quantitative estimate of drug-likeness (QED) is 0.902. The smallest absolute Gasteiger partial charge is 0.253 e. The summed E-state index contributed by atoms with van der Waals surface area (Å²) in [7, 11) is 5.60. The number of aliphatic hydroxyl groups excluding tert-OH is 1. The first-order valence-electron chi connectivity index (χ1n) is 7.27. The lowest BCUT2D eigenvalue weighted by molar-refractivity contribution is 0.0379. The van der Waals surface area contributed by atoms with Gasteiger partial charge in [-0.3, -0.25) is 4.79 Å². The lowest BCUT2D eigenvalue weighted by Crippen LogP contribution is -2.53. The number of likely N-dealkylation sites (N-methyl/N-ethyl adjacent to an activating group) is 1. The molecule has 2 atom stereocenters. The molecule has 0 spiro atoms. The Hall–Kier alpha value is -1.59. The number of amides is 1. The highest BCUT2D eigenvalue weighted by Gasteiger charge is 2.32. The molecule has 0 bridgehead atoms. The van der Waals surface area contributed by atoms with Crippen LogP contribution in [0.4, 0.5) is 0 Å². The van der Waals surface area contributed by atoms with Crippen LogP contribution >= 0.6 is 0 Å². The van der Waals surface area contributed by atoms with Crippen molar-refractivity contribution >= 4 is 5.91 Å². The second-order valence-electron chi connectivity index (χ2n) is 5.74. The van der Waals surface area contributed by atoms with Crippen LogP contribution in [0.1, 0.15) is 16.8 Å². The topological polar surface area (TPSA) is 53.0 Å². The molecule has 0 saturated carbocycles. The van der Waals surface area contributed by atoms with E-state index in [9.17, 15) is 9.90 Å². The zero-order valence-electron chi connectivity index (χ0n) is 13.0. The Kier molecular flexibility index (Phi) is 5.20. The second-order valence-corrected chi connectivity index (χ2v) is 5.74. The number of hydrogen-bond acceptors (Lipinski definition) is 4. The first-order chi connectivity index (χ1) is 10.1. The van der Waals surface area contributed by atoms with Gasteiger partial charge in [-0.1, -0.05) is 0 Å². The number of nitrogens with zero attached hydrogens (tertiary/aromatic N) is 2. The highest BCUT2D eigenvalue weighted by molar-refractivity contribution is 5.94. The van der Waals surface area contributed by atoms with E-state index in [1.807, 2.05) is 19.0 Å². The number of ether oxygens (including phenoxy) is 1. The van der Waals surface area contributed by atoms with Gasteiger partial charge in [0.25, 0.3) is 5.91 Å². The van der Waals surface area contributed by atoms with Crippen LogP contribution in [0.25, 0.3) is 0 Å². The molecule has 0 aromatic heterocycles. The van der Waals surface area contributed by atoms with Crippen LogP contribution in [0.3, 0.4) is 0 Å². The number of aliphatic hydroxyl groups is 1. The van der Waals surface area contributed by atoms with E-state index in [1.165, 1.54) is 0 Å². The van der Waals surface area contributed by atoms with Crippen LogP contribution in [0.2, 0.25) is 0 Å². The molecule has 1 heterocycles. The van der Waals surface area contributed by atoms with Crippen molar-refractivity contribution in [2.24, 2.45) is 5.92 Å². The van der Waals surface area contributed by atoms with Crippen molar-refractivity contribution in [3.8, 4) is 5.75 Å². The molecule has 0 aliphatic carbocycles. The van der Waals surface area contributed by atoms with Crippen molar-refractivity contribution in [1.82, 2.24) is 9.80 Å². The molecule has 5 nitrogen and oxygen atoms in total. The Morgan fingerprint density at radius 3 is 2.57 bits per heavy atom. The fourth-order valence-electron chi connectivity index (χ4n) is 2.88. The van der Waals surface area contributed by atoms with E-state index in [4.69, 9.17) is 4.74 Å². The summed E-state index contributed by atoms with van der Waals surface area (Å²) in [5.74, 6) is 1.03. The average Bonchev–Trinajstić information content (AvgIpc) is 2.53. The molecule has 1 amide bonds. The van der Waals surface area contributed by atoms with Crippen molar-refractivity contribution in [3.05, 3.63) is 29.8 Å². The SMILES string of the molecule is COc1ccc(C(=O)N2CC[C@H](CO)[C@H](N(C)C)C2)cc1. The third-order valence-electron chi connectivity index (χ3n) is 4.24. The molecule has 0 radical (unpaired) electrons. The minimum Gasteiger partial charge on any atom is -0.497 e. The third-order valence-corrected chi connectivity index (χ3v) is 4.24. The van der Waals surface area contributed by atoms with E-state index < -0.39 is 0 Å². The summed E-state index contributed by atoms with van der Waals surface area (Å²) >= 11 is 0. The molecule has 1 N–H and O–H groups in total. The molecule has 1 fully saturated rings. The predicted octanol–water partition coefficient (Wildman–Crippen LogP) is 1.08. The van der Waals surface area contributed by atoms with Gasteiger partial charge in [0.2, 0.25) is 0 Å². The van der Waals surface area contributed by atoms with Gasteiger partial charge in [-0.15, -0.1) is 0 Å². The molecule has 1 aliphatic rings. The second kappa shape index (κ2) is 6.91. The summed E-state index contributed by atoms with van der Waals surface area (Å²) in [6, 6.07) is 7.40. The molecule has 0 unspecified atom stereocenters. The zero-order chi connectivity index (χ0) is 15.4. The van der Waals surface area contributed by atoms with Gasteiger partial charge in [-0.2, -0.15) is 0 Å². The van der Waals surface area contributed by atoms with E-state index in [2.05, 4.69) is 4.90 Å².